The number of para-hydroxylation sites is 1. The quantitative estimate of drug-likeness (QED) is 0.512. The Labute approximate surface area is 148 Å². The number of hydrogen-bond donors (Lipinski definition) is 1. The fourth-order valence-corrected chi connectivity index (χ4v) is 2.52. The Bertz CT molecular complexity index is 828. The van der Waals surface area contributed by atoms with Crippen molar-refractivity contribution in [3.8, 4) is 0 Å². The van der Waals surface area contributed by atoms with Crippen molar-refractivity contribution in [1.82, 2.24) is 0 Å². The van der Waals surface area contributed by atoms with Gasteiger partial charge in [-0.1, -0.05) is 78.9 Å². The molecule has 0 amide bonds. The van der Waals surface area contributed by atoms with E-state index in [0.717, 1.165) is 16.8 Å². The number of anilines is 1. The second-order valence-electron chi connectivity index (χ2n) is 5.78. The molecule has 0 fully saturated rings. The summed E-state index contributed by atoms with van der Waals surface area (Å²) in [5.74, 6) is 0.0264. The molecule has 0 aliphatic heterocycles. The third-order valence-electron chi connectivity index (χ3n) is 3.84. The van der Waals surface area contributed by atoms with Gasteiger partial charge in [-0.25, -0.2) is 0 Å². The SMILES string of the molecule is O=C(Cc1ccccc1)/C(Cc1ccccc1)=N\Nc1ccccc1. The molecule has 124 valence electrons. The lowest BCUT2D eigenvalue weighted by Gasteiger charge is -2.08. The lowest BCUT2D eigenvalue weighted by Crippen LogP contribution is -2.20. The summed E-state index contributed by atoms with van der Waals surface area (Å²) in [5, 5.41) is 4.40. The Morgan fingerprint density at radius 3 is 1.72 bits per heavy atom. The monoisotopic (exact) mass is 328 g/mol. The minimum absolute atomic E-state index is 0.0264. The van der Waals surface area contributed by atoms with E-state index in [1.165, 1.54) is 0 Å². The molecule has 3 rings (SSSR count). The lowest BCUT2D eigenvalue weighted by molar-refractivity contribution is -0.112. The van der Waals surface area contributed by atoms with Gasteiger partial charge in [-0.2, -0.15) is 5.10 Å². The molecule has 3 nitrogen and oxygen atoms in total. The van der Waals surface area contributed by atoms with E-state index in [-0.39, 0.29) is 5.78 Å². The van der Waals surface area contributed by atoms with Crippen LogP contribution in [0.15, 0.2) is 96.1 Å². The molecule has 0 aromatic heterocycles. The first-order chi connectivity index (χ1) is 12.3. The van der Waals surface area contributed by atoms with Crippen LogP contribution < -0.4 is 5.43 Å². The molecule has 0 aliphatic rings. The Morgan fingerprint density at radius 1 is 0.680 bits per heavy atom. The van der Waals surface area contributed by atoms with Crippen molar-refractivity contribution in [3.05, 3.63) is 102 Å². The molecule has 1 N–H and O–H groups in total. The zero-order valence-corrected chi connectivity index (χ0v) is 13.9. The van der Waals surface area contributed by atoms with Gasteiger partial charge >= 0.3 is 0 Å². The number of hydrogen-bond acceptors (Lipinski definition) is 3. The highest BCUT2D eigenvalue weighted by atomic mass is 16.1. The van der Waals surface area contributed by atoms with Crippen LogP contribution in [-0.2, 0) is 17.6 Å². The molecule has 0 saturated heterocycles. The summed E-state index contributed by atoms with van der Waals surface area (Å²) in [6, 6.07) is 29.3. The number of carbonyl (C=O) groups is 1. The highest BCUT2D eigenvalue weighted by molar-refractivity contribution is 6.40. The predicted octanol–water partition coefficient (Wildman–Crippen LogP) is 4.51. The second-order valence-corrected chi connectivity index (χ2v) is 5.78. The largest absolute Gasteiger partial charge is 0.292 e. The first kappa shape index (κ1) is 16.7. The van der Waals surface area contributed by atoms with Crippen molar-refractivity contribution in [2.45, 2.75) is 12.8 Å². The fourth-order valence-electron chi connectivity index (χ4n) is 2.52. The zero-order chi connectivity index (χ0) is 17.3. The number of nitrogens with zero attached hydrogens (tertiary/aromatic N) is 1. The zero-order valence-electron chi connectivity index (χ0n) is 13.9. The van der Waals surface area contributed by atoms with Crippen LogP contribution in [0.4, 0.5) is 5.69 Å². The maximum Gasteiger partial charge on any atom is 0.183 e. The number of rotatable bonds is 7. The van der Waals surface area contributed by atoms with E-state index in [1.807, 2.05) is 91.0 Å². The van der Waals surface area contributed by atoms with Gasteiger partial charge in [0.05, 0.1) is 5.69 Å². The van der Waals surface area contributed by atoms with E-state index in [9.17, 15) is 4.79 Å². The summed E-state index contributed by atoms with van der Waals surface area (Å²) < 4.78 is 0. The van der Waals surface area contributed by atoms with Gasteiger partial charge in [-0.3, -0.25) is 10.2 Å². The smallest absolute Gasteiger partial charge is 0.183 e. The molecule has 25 heavy (non-hydrogen) atoms. The summed E-state index contributed by atoms with van der Waals surface area (Å²) in [6.45, 7) is 0. The molecule has 0 saturated carbocycles. The number of hydrazone groups is 1. The van der Waals surface area contributed by atoms with Crippen molar-refractivity contribution >= 4 is 17.2 Å². The fraction of sp³-hybridized carbons (Fsp3) is 0.0909. The van der Waals surface area contributed by atoms with Gasteiger partial charge in [0.25, 0.3) is 0 Å². The molecular weight excluding hydrogens is 308 g/mol. The van der Waals surface area contributed by atoms with E-state index >= 15 is 0 Å². The highest BCUT2D eigenvalue weighted by Gasteiger charge is 2.13. The first-order valence-corrected chi connectivity index (χ1v) is 8.30. The molecule has 0 heterocycles. The molecule has 0 radical (unpaired) electrons. The molecule has 0 bridgehead atoms. The third-order valence-corrected chi connectivity index (χ3v) is 3.84. The number of ketones is 1. The van der Waals surface area contributed by atoms with E-state index in [2.05, 4.69) is 10.5 Å². The van der Waals surface area contributed by atoms with Crippen LogP contribution in [0.25, 0.3) is 0 Å². The molecule has 0 atom stereocenters. The van der Waals surface area contributed by atoms with E-state index in [4.69, 9.17) is 0 Å². The Balaban J connectivity index is 1.79. The summed E-state index contributed by atoms with van der Waals surface area (Å²) in [7, 11) is 0. The average Bonchev–Trinajstić information content (AvgIpc) is 2.67. The topological polar surface area (TPSA) is 41.5 Å². The maximum absolute atomic E-state index is 12.8. The number of benzene rings is 3. The highest BCUT2D eigenvalue weighted by Crippen LogP contribution is 2.09. The van der Waals surface area contributed by atoms with Crippen molar-refractivity contribution in [2.24, 2.45) is 5.10 Å². The lowest BCUT2D eigenvalue weighted by atomic mass is 10.0. The standard InChI is InChI=1S/C22H20N2O/c25-22(17-19-12-6-2-7-13-19)21(16-18-10-4-1-5-11-18)24-23-20-14-8-3-9-15-20/h1-15,23H,16-17H2/b24-21-. The van der Waals surface area contributed by atoms with Gasteiger partial charge in [0, 0.05) is 12.8 Å². The first-order valence-electron chi connectivity index (χ1n) is 8.30. The molecule has 0 unspecified atom stereocenters. The summed E-state index contributed by atoms with van der Waals surface area (Å²) in [4.78, 5) is 12.8. The number of carbonyl (C=O) groups excluding carboxylic acids is 1. The van der Waals surface area contributed by atoms with Gasteiger partial charge in [-0.15, -0.1) is 0 Å². The molecule has 0 aliphatic carbocycles. The summed E-state index contributed by atoms with van der Waals surface area (Å²) in [5.41, 5.74) is 6.45. The number of Topliss-reactive ketones (excluding diaryl/α,β-unsaturated/α-hetero) is 1. The minimum atomic E-state index is 0.0264. The van der Waals surface area contributed by atoms with E-state index in [1.54, 1.807) is 0 Å². The molecule has 3 heteroatoms. The third kappa shape index (κ3) is 5.15. The van der Waals surface area contributed by atoms with Crippen molar-refractivity contribution < 1.29 is 4.79 Å². The van der Waals surface area contributed by atoms with E-state index in [0.29, 0.717) is 18.6 Å². The second kappa shape index (κ2) is 8.60. The summed E-state index contributed by atoms with van der Waals surface area (Å²) >= 11 is 0. The Hall–Kier alpha value is -3.20. The van der Waals surface area contributed by atoms with Crippen molar-refractivity contribution in [1.29, 1.82) is 0 Å². The minimum Gasteiger partial charge on any atom is -0.292 e. The van der Waals surface area contributed by atoms with Crippen LogP contribution in [-0.4, -0.2) is 11.5 Å². The van der Waals surface area contributed by atoms with Gasteiger partial charge in [0.2, 0.25) is 0 Å². The maximum atomic E-state index is 12.8. The van der Waals surface area contributed by atoms with Crippen LogP contribution in [0.5, 0.6) is 0 Å². The van der Waals surface area contributed by atoms with Crippen LogP contribution >= 0.6 is 0 Å². The Kier molecular flexibility index (Phi) is 5.73. The Morgan fingerprint density at radius 2 is 1.16 bits per heavy atom. The molecule has 3 aromatic rings. The van der Waals surface area contributed by atoms with Gasteiger partial charge in [0.15, 0.2) is 5.78 Å². The number of nitrogens with one attached hydrogen (secondary N) is 1. The van der Waals surface area contributed by atoms with E-state index < -0.39 is 0 Å². The average molecular weight is 328 g/mol. The van der Waals surface area contributed by atoms with Crippen molar-refractivity contribution in [2.75, 3.05) is 5.43 Å². The van der Waals surface area contributed by atoms with Gasteiger partial charge in [0.1, 0.15) is 5.71 Å². The van der Waals surface area contributed by atoms with Gasteiger partial charge < -0.3 is 0 Å². The molecule has 0 spiro atoms. The van der Waals surface area contributed by atoms with Crippen molar-refractivity contribution in [3.63, 3.8) is 0 Å². The van der Waals surface area contributed by atoms with Crippen LogP contribution in [0.3, 0.4) is 0 Å². The van der Waals surface area contributed by atoms with Crippen LogP contribution in [0.1, 0.15) is 11.1 Å². The molecule has 3 aromatic carbocycles. The molecular formula is C22H20N2O. The summed E-state index contributed by atoms with van der Waals surface area (Å²) in [6.07, 6.45) is 0.856. The predicted molar refractivity (Wildman–Crippen MR) is 103 cm³/mol. The van der Waals surface area contributed by atoms with Crippen LogP contribution in [0.2, 0.25) is 0 Å². The van der Waals surface area contributed by atoms with Crippen LogP contribution in [0, 0.1) is 0 Å². The van der Waals surface area contributed by atoms with Gasteiger partial charge in [-0.05, 0) is 23.3 Å². The normalized spacial score (nSPS) is 11.1.